The van der Waals surface area contributed by atoms with Crippen LogP contribution in [0.3, 0.4) is 0 Å². The topological polar surface area (TPSA) is 64.9 Å². The Balaban J connectivity index is 1.96. The van der Waals surface area contributed by atoms with Gasteiger partial charge in [0.2, 0.25) is 11.5 Å². The zero-order chi connectivity index (χ0) is 21.1. The van der Waals surface area contributed by atoms with E-state index in [1.807, 2.05) is 49.4 Å². The zero-order valence-corrected chi connectivity index (χ0v) is 17.7. The second kappa shape index (κ2) is 8.46. The number of imidazole rings is 1. The fourth-order valence-corrected chi connectivity index (χ4v) is 3.99. The first kappa shape index (κ1) is 19.8. The molecule has 0 bridgehead atoms. The van der Waals surface area contributed by atoms with Gasteiger partial charge >= 0.3 is 0 Å². The number of rotatable bonds is 7. The number of benzene rings is 2. The summed E-state index contributed by atoms with van der Waals surface area (Å²) in [6.45, 7) is 6.88. The minimum atomic E-state index is 0.647. The van der Waals surface area contributed by atoms with E-state index < -0.39 is 0 Å². The fourth-order valence-electron chi connectivity index (χ4n) is 3.99. The summed E-state index contributed by atoms with van der Waals surface area (Å²) in [5, 5.41) is 13.6. The molecule has 2 heterocycles. The number of H-pyrrole nitrogens is 1. The molecule has 0 saturated carbocycles. The van der Waals surface area contributed by atoms with Gasteiger partial charge in [0.15, 0.2) is 0 Å². The fraction of sp³-hybridized carbons (Fsp3) is 0.280. The van der Waals surface area contributed by atoms with Gasteiger partial charge in [-0.1, -0.05) is 25.5 Å². The third-order valence-corrected chi connectivity index (χ3v) is 5.52. The third kappa shape index (κ3) is 3.46. The molecule has 4 rings (SSSR count). The van der Waals surface area contributed by atoms with E-state index in [2.05, 4.69) is 40.7 Å². The Hall–Kier alpha value is -3.52. The van der Waals surface area contributed by atoms with Gasteiger partial charge in [0.25, 0.3) is 0 Å². The van der Waals surface area contributed by atoms with E-state index in [0.717, 1.165) is 58.8 Å². The molecule has 0 aliphatic carbocycles. The molecule has 2 aromatic heterocycles. The molecular weight excluding hydrogens is 372 g/mol. The number of hydrogen-bond donors (Lipinski definition) is 2. The molecule has 0 aliphatic rings. The number of hydrogen-bond acceptors (Lipinski definition) is 3. The van der Waals surface area contributed by atoms with Gasteiger partial charge in [-0.25, -0.2) is 0 Å². The molecule has 4 aromatic rings. The molecule has 30 heavy (non-hydrogen) atoms. The van der Waals surface area contributed by atoms with Crippen molar-refractivity contribution in [1.82, 2.24) is 4.98 Å². The number of para-hydroxylation sites is 2. The number of fused-ring (bicyclic) bond motifs is 3. The summed E-state index contributed by atoms with van der Waals surface area (Å²) in [5.74, 6) is 1.87. The molecule has 152 valence electrons. The number of anilines is 2. The molecule has 5 heteroatoms. The van der Waals surface area contributed by atoms with E-state index in [-0.39, 0.29) is 0 Å². The number of nitriles is 1. The van der Waals surface area contributed by atoms with Gasteiger partial charge in [-0.05, 0) is 68.7 Å². The van der Waals surface area contributed by atoms with Crippen LogP contribution in [0.5, 0.6) is 5.75 Å². The van der Waals surface area contributed by atoms with E-state index in [1.54, 1.807) is 0 Å². The Morgan fingerprint density at radius 1 is 1.10 bits per heavy atom. The van der Waals surface area contributed by atoms with Crippen molar-refractivity contribution in [3.8, 4) is 11.8 Å². The van der Waals surface area contributed by atoms with E-state index in [1.165, 1.54) is 5.56 Å². The third-order valence-electron chi connectivity index (χ3n) is 5.52. The lowest BCUT2D eigenvalue weighted by atomic mass is 9.99. The highest BCUT2D eigenvalue weighted by atomic mass is 16.5. The summed E-state index contributed by atoms with van der Waals surface area (Å²) in [5.41, 5.74) is 6.79. The average molecular weight is 400 g/mol. The van der Waals surface area contributed by atoms with Crippen molar-refractivity contribution in [1.29, 1.82) is 5.26 Å². The van der Waals surface area contributed by atoms with Crippen LogP contribution in [0.15, 0.2) is 48.5 Å². The van der Waals surface area contributed by atoms with Crippen LogP contribution < -0.4 is 14.5 Å². The highest BCUT2D eigenvalue weighted by Crippen LogP contribution is 2.29. The smallest absolute Gasteiger partial charge is 0.250 e. The normalized spacial score (nSPS) is 11.0. The Kier molecular flexibility index (Phi) is 5.58. The summed E-state index contributed by atoms with van der Waals surface area (Å²) < 4.78 is 7.73. The number of aromatic nitrogens is 2. The molecule has 0 radical (unpaired) electrons. The van der Waals surface area contributed by atoms with Crippen molar-refractivity contribution >= 4 is 28.2 Å². The quantitative estimate of drug-likeness (QED) is 0.399. The van der Waals surface area contributed by atoms with E-state index in [4.69, 9.17) is 4.74 Å². The highest BCUT2D eigenvalue weighted by Gasteiger charge is 2.25. The minimum absolute atomic E-state index is 0.647. The van der Waals surface area contributed by atoms with Gasteiger partial charge in [0.1, 0.15) is 28.4 Å². The lowest BCUT2D eigenvalue weighted by Gasteiger charge is -2.14. The second-order valence-electron chi connectivity index (χ2n) is 7.45. The van der Waals surface area contributed by atoms with Gasteiger partial charge in [-0.2, -0.15) is 9.66 Å². The van der Waals surface area contributed by atoms with Crippen molar-refractivity contribution in [2.45, 2.75) is 40.0 Å². The van der Waals surface area contributed by atoms with E-state index in [0.29, 0.717) is 12.2 Å². The minimum Gasteiger partial charge on any atom is -0.494 e. The maximum absolute atomic E-state index is 9.94. The predicted octanol–water partition coefficient (Wildman–Crippen LogP) is 5.57. The molecule has 0 fully saturated rings. The Bertz CT molecular complexity index is 1230. The molecule has 0 spiro atoms. The van der Waals surface area contributed by atoms with Crippen LogP contribution in [-0.2, 0) is 6.42 Å². The summed E-state index contributed by atoms with van der Waals surface area (Å²) in [4.78, 5) is 3.45. The number of ether oxygens (including phenoxy) is 1. The largest absolute Gasteiger partial charge is 0.494 e. The van der Waals surface area contributed by atoms with Crippen LogP contribution in [0.2, 0.25) is 0 Å². The summed E-state index contributed by atoms with van der Waals surface area (Å²) in [7, 11) is 0. The Morgan fingerprint density at radius 2 is 1.87 bits per heavy atom. The van der Waals surface area contributed by atoms with Crippen molar-refractivity contribution in [3.05, 3.63) is 65.2 Å². The first-order valence-corrected chi connectivity index (χ1v) is 10.6. The first-order valence-electron chi connectivity index (χ1n) is 10.6. The van der Waals surface area contributed by atoms with Gasteiger partial charge in [0, 0.05) is 5.56 Å². The summed E-state index contributed by atoms with van der Waals surface area (Å²) in [6.07, 6.45) is 3.08. The molecule has 0 aliphatic heterocycles. The van der Waals surface area contributed by atoms with Crippen LogP contribution in [0, 0.1) is 18.3 Å². The van der Waals surface area contributed by atoms with E-state index >= 15 is 0 Å². The molecule has 0 saturated heterocycles. The predicted molar refractivity (Wildman–Crippen MR) is 120 cm³/mol. The summed E-state index contributed by atoms with van der Waals surface area (Å²) >= 11 is 0. The standard InChI is InChI=1S/C25H26N4O/c1-4-6-9-20-17(3)21(16-26)25-28-22-10-7-8-11-23(22)29(25)24(20)27-18-12-14-19(15-13-18)30-5-2/h7-8,10-15H,4-6,9H2,1-3H3,(H,27,28)/p+1. The number of unbranched alkanes of at least 4 members (excludes halogenated alkanes) is 1. The van der Waals surface area contributed by atoms with Crippen LogP contribution in [0.25, 0.3) is 16.7 Å². The molecule has 0 amide bonds. The monoisotopic (exact) mass is 399 g/mol. The number of nitrogens with zero attached hydrogens (tertiary/aromatic N) is 2. The van der Waals surface area contributed by atoms with Crippen molar-refractivity contribution in [2.24, 2.45) is 0 Å². The van der Waals surface area contributed by atoms with Crippen molar-refractivity contribution in [2.75, 3.05) is 11.9 Å². The lowest BCUT2D eigenvalue weighted by Crippen LogP contribution is -2.28. The maximum Gasteiger partial charge on any atom is 0.250 e. The maximum atomic E-state index is 9.94. The van der Waals surface area contributed by atoms with Crippen LogP contribution in [0.1, 0.15) is 43.4 Å². The van der Waals surface area contributed by atoms with Crippen LogP contribution in [0.4, 0.5) is 11.5 Å². The second-order valence-corrected chi connectivity index (χ2v) is 7.45. The van der Waals surface area contributed by atoms with Gasteiger partial charge in [0.05, 0.1) is 12.3 Å². The average Bonchev–Trinajstić information content (AvgIpc) is 3.14. The zero-order valence-electron chi connectivity index (χ0n) is 17.7. The summed E-state index contributed by atoms with van der Waals surface area (Å²) in [6, 6.07) is 18.6. The van der Waals surface area contributed by atoms with Crippen LogP contribution in [-0.4, -0.2) is 11.6 Å². The molecule has 0 atom stereocenters. The van der Waals surface area contributed by atoms with E-state index in [9.17, 15) is 5.26 Å². The number of aromatic amines is 1. The molecule has 2 N–H and O–H groups in total. The van der Waals surface area contributed by atoms with Gasteiger partial charge < -0.3 is 4.74 Å². The highest BCUT2D eigenvalue weighted by molar-refractivity contribution is 5.78. The molecule has 0 unspecified atom stereocenters. The molecule has 5 nitrogen and oxygen atoms in total. The van der Waals surface area contributed by atoms with Gasteiger partial charge in [-0.15, -0.1) is 0 Å². The molecule has 2 aromatic carbocycles. The number of nitrogens with one attached hydrogen (secondary N) is 2. The SMILES string of the molecule is CCCCc1c(C)c(C#N)c2[nH]c3ccccc3[n+]2c1Nc1ccc(OCC)cc1. The van der Waals surface area contributed by atoms with Crippen molar-refractivity contribution in [3.63, 3.8) is 0 Å². The Labute approximate surface area is 176 Å². The van der Waals surface area contributed by atoms with Gasteiger partial charge in [-0.3, -0.25) is 10.3 Å². The molecular formula is C25H27N4O+. The Morgan fingerprint density at radius 3 is 2.57 bits per heavy atom. The van der Waals surface area contributed by atoms with Crippen molar-refractivity contribution < 1.29 is 9.14 Å². The number of pyridine rings is 1. The van der Waals surface area contributed by atoms with Crippen LogP contribution >= 0.6 is 0 Å². The first-order chi connectivity index (χ1) is 14.7. The lowest BCUT2D eigenvalue weighted by molar-refractivity contribution is -0.465.